The third kappa shape index (κ3) is 624. The largest absolute Gasteiger partial charge is 2.00 e. The molecule has 0 aliphatic carbocycles. The molecule has 66 valence electrons. The van der Waals surface area contributed by atoms with Gasteiger partial charge >= 0.3 is 19.5 Å². The van der Waals surface area contributed by atoms with Gasteiger partial charge in [-0.15, -0.1) is 0 Å². The molecule has 0 bridgehead atoms. The number of hydrogen-bond donors (Lipinski definition) is 1. The first-order chi connectivity index (χ1) is 4.88. The van der Waals surface area contributed by atoms with Crippen molar-refractivity contribution in [2.75, 3.05) is 0 Å². The minimum atomic E-state index is -1.08. The number of hydrogen-bond acceptors (Lipinski definition) is 5. The van der Waals surface area contributed by atoms with Crippen LogP contribution in [0.3, 0.4) is 0 Å². The average molecular weight is 230 g/mol. The van der Waals surface area contributed by atoms with Crippen LogP contribution in [0.5, 0.6) is 0 Å². The minimum absolute atomic E-state index is 0. The topological polar surface area (TPSA) is 118 Å². The zero-order valence-corrected chi connectivity index (χ0v) is 9.74. The van der Waals surface area contributed by atoms with Gasteiger partial charge in [-0.05, 0) is 13.8 Å². The summed E-state index contributed by atoms with van der Waals surface area (Å²) in [5.41, 5.74) is 0. The van der Waals surface area contributed by atoms with Gasteiger partial charge < -0.3 is 24.9 Å². The van der Waals surface area contributed by atoms with E-state index in [2.05, 4.69) is 0 Å². The number of carbonyl (C=O) groups excluding carboxylic acids is 2. The molecule has 0 aromatic carbocycles. The summed E-state index contributed by atoms with van der Waals surface area (Å²) in [6.07, 6.45) is 0. The van der Waals surface area contributed by atoms with Crippen molar-refractivity contribution in [1.29, 1.82) is 0 Å². The maximum Gasteiger partial charge on any atom is 2.00 e. The van der Waals surface area contributed by atoms with Crippen LogP contribution in [-0.4, -0.2) is 23.5 Å². The predicted molar refractivity (Wildman–Crippen MR) is 30.1 cm³/mol. The van der Waals surface area contributed by atoms with Crippen molar-refractivity contribution in [3.05, 3.63) is 0 Å². The van der Waals surface area contributed by atoms with Crippen LogP contribution >= 0.6 is 0 Å². The summed E-state index contributed by atoms with van der Waals surface area (Å²) in [5, 5.41) is 24.7. The van der Waals surface area contributed by atoms with Crippen LogP contribution in [-0.2, 0) is 33.9 Å². The van der Waals surface area contributed by atoms with Gasteiger partial charge in [-0.25, -0.2) is 0 Å². The molecule has 0 spiro atoms. The maximum absolute atomic E-state index is 8.89. The molecule has 12 heavy (non-hydrogen) atoms. The number of aliphatic carboxylic acids is 2. The van der Waals surface area contributed by atoms with Crippen molar-refractivity contribution < 1.29 is 49.2 Å². The number of carboxylic acids is 2. The van der Waals surface area contributed by atoms with E-state index in [9.17, 15) is 0 Å². The van der Waals surface area contributed by atoms with Gasteiger partial charge in [0.2, 0.25) is 0 Å². The van der Waals surface area contributed by atoms with Crippen molar-refractivity contribution in [2.24, 2.45) is 0 Å². The molecule has 0 unspecified atom stereocenters. The summed E-state index contributed by atoms with van der Waals surface area (Å²) in [6, 6.07) is 0. The fourth-order valence-electron chi connectivity index (χ4n) is 0. The summed E-state index contributed by atoms with van der Waals surface area (Å²) in [7, 11) is 0. The first kappa shape index (κ1) is 22.5. The van der Waals surface area contributed by atoms with E-state index in [0.29, 0.717) is 0 Å². The monoisotopic (exact) mass is 228 g/mol. The van der Waals surface area contributed by atoms with Crippen molar-refractivity contribution in [1.82, 2.24) is 0 Å². The second-order valence-corrected chi connectivity index (χ2v) is 1.09. The van der Waals surface area contributed by atoms with Crippen molar-refractivity contribution in [3.8, 4) is 0 Å². The first-order valence-electron chi connectivity index (χ1n) is 2.31. The molecule has 1 N–H and O–H groups in total. The molecule has 0 saturated heterocycles. The Labute approximate surface area is 82.0 Å². The quantitative estimate of drug-likeness (QED) is 0.354. The SMILES string of the molecule is CC(=O)[O-].CC(=O)[O-].O=CO.[Zn+2]. The summed E-state index contributed by atoms with van der Waals surface area (Å²) >= 11 is 0. The third-order valence-electron chi connectivity index (χ3n) is 0. The third-order valence-corrected chi connectivity index (χ3v) is 0. The molecule has 0 atom stereocenters. The van der Waals surface area contributed by atoms with Crippen molar-refractivity contribution in [3.63, 3.8) is 0 Å². The van der Waals surface area contributed by atoms with E-state index >= 15 is 0 Å². The van der Waals surface area contributed by atoms with E-state index in [-0.39, 0.29) is 26.0 Å². The Hall–Kier alpha value is -0.967. The Kier molecular flexibility index (Phi) is 42.1. The Balaban J connectivity index is -0.0000000389. The van der Waals surface area contributed by atoms with Crippen LogP contribution in [0, 0.1) is 0 Å². The van der Waals surface area contributed by atoms with Gasteiger partial charge in [0.15, 0.2) is 0 Å². The summed E-state index contributed by atoms with van der Waals surface area (Å²) in [5.74, 6) is -2.17. The fourth-order valence-corrected chi connectivity index (χ4v) is 0. The van der Waals surface area contributed by atoms with E-state index in [4.69, 9.17) is 29.7 Å². The molecular weight excluding hydrogens is 221 g/mol. The molecular formula is C5H8O6Zn. The summed E-state index contributed by atoms with van der Waals surface area (Å²) < 4.78 is 0. The molecule has 0 amide bonds. The first-order valence-corrected chi connectivity index (χ1v) is 2.31. The van der Waals surface area contributed by atoms with E-state index in [1.807, 2.05) is 0 Å². The van der Waals surface area contributed by atoms with E-state index in [1.54, 1.807) is 0 Å². The number of carboxylic acid groups (broad SMARTS) is 3. The van der Waals surface area contributed by atoms with Gasteiger partial charge in [0.25, 0.3) is 6.47 Å². The van der Waals surface area contributed by atoms with Crippen LogP contribution in [0.1, 0.15) is 13.8 Å². The smallest absolute Gasteiger partial charge is 0.550 e. The second-order valence-electron chi connectivity index (χ2n) is 1.09. The van der Waals surface area contributed by atoms with Gasteiger partial charge in [0.05, 0.1) is 0 Å². The molecule has 0 heterocycles. The Morgan fingerprint density at radius 2 is 1.17 bits per heavy atom. The number of carbonyl (C=O) groups is 3. The van der Waals surface area contributed by atoms with Crippen LogP contribution in [0.15, 0.2) is 0 Å². The summed E-state index contributed by atoms with van der Waals surface area (Å²) in [4.78, 5) is 26.1. The van der Waals surface area contributed by atoms with Crippen molar-refractivity contribution >= 4 is 18.4 Å². The Morgan fingerprint density at radius 1 is 1.17 bits per heavy atom. The molecule has 6 nitrogen and oxygen atoms in total. The maximum atomic E-state index is 8.89. The van der Waals surface area contributed by atoms with Gasteiger partial charge in [-0.3, -0.25) is 4.79 Å². The molecule has 0 radical (unpaired) electrons. The molecule has 0 saturated carbocycles. The predicted octanol–water partition coefficient (Wildman–Crippen LogP) is -2.79. The van der Waals surface area contributed by atoms with Crippen LogP contribution < -0.4 is 10.2 Å². The fraction of sp³-hybridized carbons (Fsp3) is 0.400. The molecule has 0 fully saturated rings. The summed E-state index contributed by atoms with van der Waals surface area (Å²) in [6.45, 7) is 1.69. The van der Waals surface area contributed by atoms with Crippen LogP contribution in [0.25, 0.3) is 0 Å². The van der Waals surface area contributed by atoms with Gasteiger partial charge in [0.1, 0.15) is 0 Å². The van der Waals surface area contributed by atoms with Crippen molar-refractivity contribution in [2.45, 2.75) is 13.8 Å². The Bertz CT molecular complexity index is 103. The minimum Gasteiger partial charge on any atom is -0.550 e. The molecule has 0 aliphatic rings. The zero-order chi connectivity index (χ0) is 9.86. The molecule has 0 aliphatic heterocycles. The van der Waals surface area contributed by atoms with E-state index < -0.39 is 11.9 Å². The van der Waals surface area contributed by atoms with E-state index in [0.717, 1.165) is 13.8 Å². The van der Waals surface area contributed by atoms with Crippen LogP contribution in [0.2, 0.25) is 0 Å². The molecule has 0 rings (SSSR count). The normalized spacial score (nSPS) is 5.17. The van der Waals surface area contributed by atoms with E-state index in [1.165, 1.54) is 0 Å². The molecule has 0 aromatic rings. The zero-order valence-electron chi connectivity index (χ0n) is 6.77. The molecule has 7 heteroatoms. The van der Waals surface area contributed by atoms with Gasteiger partial charge in [-0.2, -0.15) is 0 Å². The van der Waals surface area contributed by atoms with Gasteiger partial charge in [-0.1, -0.05) is 0 Å². The molecule has 0 aromatic heterocycles. The standard InChI is InChI=1S/2C2H4O2.CH2O2.Zn/c2*1-2(3)4;2-1-3;/h2*1H3,(H,3,4);1H,(H,2,3);/q;;;+2/p-2. The second kappa shape index (κ2) is 22.5. The average Bonchev–Trinajstić information content (AvgIpc) is 1.60. The van der Waals surface area contributed by atoms with Crippen LogP contribution in [0.4, 0.5) is 0 Å². The Morgan fingerprint density at radius 3 is 1.17 bits per heavy atom. The van der Waals surface area contributed by atoms with Gasteiger partial charge in [0, 0.05) is 11.9 Å². The number of rotatable bonds is 0.